The second-order valence-corrected chi connectivity index (χ2v) is 4.04. The summed E-state index contributed by atoms with van der Waals surface area (Å²) in [4.78, 5) is 25.2. The summed E-state index contributed by atoms with van der Waals surface area (Å²) < 4.78 is 0. The Morgan fingerprint density at radius 2 is 1.94 bits per heavy atom. The molecule has 1 fully saturated rings. The summed E-state index contributed by atoms with van der Waals surface area (Å²) in [7, 11) is 0. The molecule has 1 saturated heterocycles. The van der Waals surface area contributed by atoms with Crippen molar-refractivity contribution in [2.45, 2.75) is 12.6 Å². The van der Waals surface area contributed by atoms with Gasteiger partial charge < -0.3 is 5.43 Å². The lowest BCUT2D eigenvalue weighted by Gasteiger charge is -2.14. The molecule has 86 valence electrons. The molecule has 0 bridgehead atoms. The first-order valence-corrected chi connectivity index (χ1v) is 5.38. The van der Waals surface area contributed by atoms with Gasteiger partial charge in [-0.1, -0.05) is 30.3 Å². The molecule has 2 aliphatic heterocycles. The van der Waals surface area contributed by atoms with E-state index >= 15 is 0 Å². The highest BCUT2D eigenvalue weighted by Gasteiger charge is 2.45. The van der Waals surface area contributed by atoms with Gasteiger partial charge in [0.25, 0.3) is 11.8 Å². The number of nitrogens with zero attached hydrogens (tertiary/aromatic N) is 1. The van der Waals surface area contributed by atoms with Crippen LogP contribution in [0.2, 0.25) is 0 Å². The van der Waals surface area contributed by atoms with Crippen LogP contribution in [0.5, 0.6) is 0 Å². The van der Waals surface area contributed by atoms with Gasteiger partial charge in [0, 0.05) is 6.20 Å². The standard InChI is InChI=1S/C12H11N3O2/c16-11-9-6-13-14-10(9)12(17)15(11)7-8-4-2-1-3-5-8/h1-6,10,13-14H,7H2. The second kappa shape index (κ2) is 3.71. The molecule has 2 N–H and O–H groups in total. The van der Waals surface area contributed by atoms with Crippen molar-refractivity contribution in [3.05, 3.63) is 47.7 Å². The number of imide groups is 1. The zero-order valence-electron chi connectivity index (χ0n) is 9.01. The smallest absolute Gasteiger partial charge is 0.260 e. The SMILES string of the molecule is O=C1C2=CNNC2C(=O)N1Cc1ccccc1. The van der Waals surface area contributed by atoms with Crippen molar-refractivity contribution < 1.29 is 9.59 Å². The van der Waals surface area contributed by atoms with Crippen LogP contribution in [-0.4, -0.2) is 22.8 Å². The van der Waals surface area contributed by atoms with E-state index in [1.54, 1.807) is 6.20 Å². The molecule has 0 radical (unpaired) electrons. The van der Waals surface area contributed by atoms with Gasteiger partial charge in [-0.2, -0.15) is 0 Å². The van der Waals surface area contributed by atoms with Crippen LogP contribution in [0.3, 0.4) is 0 Å². The Labute approximate surface area is 98.1 Å². The molecule has 0 aromatic heterocycles. The minimum Gasteiger partial charge on any atom is -0.327 e. The average Bonchev–Trinajstić information content (AvgIpc) is 2.91. The average molecular weight is 229 g/mol. The predicted molar refractivity (Wildman–Crippen MR) is 60.1 cm³/mol. The van der Waals surface area contributed by atoms with Crippen molar-refractivity contribution >= 4 is 11.8 Å². The summed E-state index contributed by atoms with van der Waals surface area (Å²) in [6.07, 6.45) is 1.55. The summed E-state index contributed by atoms with van der Waals surface area (Å²) in [5.74, 6) is -0.420. The third-order valence-electron chi connectivity index (χ3n) is 2.95. The van der Waals surface area contributed by atoms with E-state index in [1.165, 1.54) is 4.90 Å². The summed E-state index contributed by atoms with van der Waals surface area (Å²) in [6, 6.07) is 8.95. The van der Waals surface area contributed by atoms with E-state index in [2.05, 4.69) is 10.9 Å². The van der Waals surface area contributed by atoms with Crippen LogP contribution in [0, 0.1) is 0 Å². The van der Waals surface area contributed by atoms with Gasteiger partial charge >= 0.3 is 0 Å². The molecule has 3 rings (SSSR count). The maximum atomic E-state index is 12.0. The normalized spacial score (nSPS) is 22.5. The number of carbonyl (C=O) groups excluding carboxylic acids is 2. The lowest BCUT2D eigenvalue weighted by molar-refractivity contribution is -0.139. The molecule has 0 spiro atoms. The lowest BCUT2D eigenvalue weighted by atomic mass is 10.2. The van der Waals surface area contributed by atoms with Crippen molar-refractivity contribution in [1.29, 1.82) is 0 Å². The monoisotopic (exact) mass is 229 g/mol. The van der Waals surface area contributed by atoms with Crippen molar-refractivity contribution in [2.75, 3.05) is 0 Å². The molecule has 2 aliphatic rings. The maximum Gasteiger partial charge on any atom is 0.260 e. The van der Waals surface area contributed by atoms with Gasteiger partial charge in [0.05, 0.1) is 12.1 Å². The molecule has 5 heteroatoms. The Hall–Kier alpha value is -2.14. The summed E-state index contributed by atoms with van der Waals surface area (Å²) >= 11 is 0. The number of fused-ring (bicyclic) bond motifs is 1. The summed E-state index contributed by atoms with van der Waals surface area (Å²) in [6.45, 7) is 0.327. The third kappa shape index (κ3) is 1.52. The Morgan fingerprint density at radius 3 is 2.65 bits per heavy atom. The lowest BCUT2D eigenvalue weighted by Crippen LogP contribution is -2.40. The van der Waals surface area contributed by atoms with E-state index in [1.807, 2.05) is 30.3 Å². The quantitative estimate of drug-likeness (QED) is 0.696. The Morgan fingerprint density at radius 1 is 1.18 bits per heavy atom. The Kier molecular flexibility index (Phi) is 2.19. The van der Waals surface area contributed by atoms with Gasteiger partial charge in [0.1, 0.15) is 6.04 Å². The molecule has 0 saturated carbocycles. The van der Waals surface area contributed by atoms with Crippen molar-refractivity contribution in [2.24, 2.45) is 0 Å². The molecule has 1 aromatic carbocycles. The molecule has 1 atom stereocenters. The number of likely N-dealkylation sites (tertiary alicyclic amines) is 1. The van der Waals surface area contributed by atoms with Gasteiger partial charge in [-0.15, -0.1) is 0 Å². The molecule has 17 heavy (non-hydrogen) atoms. The van der Waals surface area contributed by atoms with E-state index in [0.29, 0.717) is 12.1 Å². The van der Waals surface area contributed by atoms with Crippen LogP contribution < -0.4 is 10.9 Å². The van der Waals surface area contributed by atoms with Crippen LogP contribution in [0.4, 0.5) is 0 Å². The number of hydrogen-bond acceptors (Lipinski definition) is 4. The van der Waals surface area contributed by atoms with Crippen LogP contribution in [0.1, 0.15) is 5.56 Å². The van der Waals surface area contributed by atoms with Crippen molar-refractivity contribution in [3.63, 3.8) is 0 Å². The van der Waals surface area contributed by atoms with Gasteiger partial charge in [-0.3, -0.25) is 14.5 Å². The fourth-order valence-corrected chi connectivity index (χ4v) is 2.07. The van der Waals surface area contributed by atoms with E-state index in [0.717, 1.165) is 5.56 Å². The van der Waals surface area contributed by atoms with E-state index in [9.17, 15) is 9.59 Å². The highest BCUT2D eigenvalue weighted by Crippen LogP contribution is 2.23. The number of amides is 2. The molecular weight excluding hydrogens is 218 g/mol. The third-order valence-corrected chi connectivity index (χ3v) is 2.95. The van der Waals surface area contributed by atoms with E-state index in [-0.39, 0.29) is 11.8 Å². The van der Waals surface area contributed by atoms with Crippen molar-refractivity contribution in [1.82, 2.24) is 15.8 Å². The van der Waals surface area contributed by atoms with E-state index < -0.39 is 6.04 Å². The largest absolute Gasteiger partial charge is 0.327 e. The maximum absolute atomic E-state index is 12.0. The zero-order valence-corrected chi connectivity index (χ0v) is 9.01. The van der Waals surface area contributed by atoms with Crippen LogP contribution in [-0.2, 0) is 16.1 Å². The van der Waals surface area contributed by atoms with Crippen LogP contribution in [0.15, 0.2) is 42.1 Å². The Bertz CT molecular complexity index is 510. The van der Waals surface area contributed by atoms with Gasteiger partial charge in [-0.25, -0.2) is 5.43 Å². The molecule has 2 heterocycles. The summed E-state index contributed by atoms with van der Waals surface area (Å²) in [5.41, 5.74) is 6.89. The topological polar surface area (TPSA) is 61.4 Å². The molecular formula is C12H11N3O2. The number of rotatable bonds is 2. The van der Waals surface area contributed by atoms with Gasteiger partial charge in [0.2, 0.25) is 0 Å². The second-order valence-electron chi connectivity index (χ2n) is 4.04. The first kappa shape index (κ1) is 10.0. The first-order chi connectivity index (χ1) is 8.27. The highest BCUT2D eigenvalue weighted by molar-refractivity contribution is 6.17. The first-order valence-electron chi connectivity index (χ1n) is 5.38. The van der Waals surface area contributed by atoms with Gasteiger partial charge in [-0.05, 0) is 5.56 Å². The number of hydrazine groups is 1. The molecule has 0 aliphatic carbocycles. The van der Waals surface area contributed by atoms with Crippen LogP contribution >= 0.6 is 0 Å². The minimum absolute atomic E-state index is 0.199. The number of carbonyl (C=O) groups is 2. The van der Waals surface area contributed by atoms with Crippen LogP contribution in [0.25, 0.3) is 0 Å². The zero-order chi connectivity index (χ0) is 11.8. The van der Waals surface area contributed by atoms with Gasteiger partial charge in [0.15, 0.2) is 0 Å². The fraction of sp³-hybridized carbons (Fsp3) is 0.167. The fourth-order valence-electron chi connectivity index (χ4n) is 2.07. The molecule has 1 unspecified atom stereocenters. The molecule has 1 aromatic rings. The molecule has 2 amide bonds. The van der Waals surface area contributed by atoms with E-state index in [4.69, 9.17) is 0 Å². The predicted octanol–water partition coefficient (Wildman–Crippen LogP) is -0.0843. The minimum atomic E-state index is -0.522. The number of benzene rings is 1. The van der Waals surface area contributed by atoms with Crippen molar-refractivity contribution in [3.8, 4) is 0 Å². The number of nitrogens with one attached hydrogen (secondary N) is 2. The highest BCUT2D eigenvalue weighted by atomic mass is 16.2. The summed E-state index contributed by atoms with van der Waals surface area (Å²) in [5, 5.41) is 0. The number of hydrogen-bond donors (Lipinski definition) is 2. The Balaban J connectivity index is 1.85. The molecule has 5 nitrogen and oxygen atoms in total.